The Hall–Kier alpha value is -1.77. The number of aromatic nitrogens is 1. The van der Waals surface area contributed by atoms with Gasteiger partial charge in [-0.2, -0.15) is 0 Å². The first-order valence-corrected chi connectivity index (χ1v) is 10.9. The van der Waals surface area contributed by atoms with Crippen molar-refractivity contribution in [2.75, 3.05) is 18.4 Å². The quantitative estimate of drug-likeness (QED) is 0.818. The van der Waals surface area contributed by atoms with Crippen molar-refractivity contribution < 1.29 is 13.2 Å². The van der Waals surface area contributed by atoms with Gasteiger partial charge in [0.25, 0.3) is 0 Å². The number of anilines is 1. The number of sulfonamides is 1. The molecule has 1 aromatic heterocycles. The summed E-state index contributed by atoms with van der Waals surface area (Å²) in [6.07, 6.45) is 1.62. The van der Waals surface area contributed by atoms with E-state index in [1.807, 2.05) is 37.3 Å². The average Bonchev–Trinajstić information content (AvgIpc) is 2.96. The SMILES string of the molecule is CCc1sc(NC(=O)C(C)(C)S(=O)(=O)N2CCC2)nc1-c1ccccc1. The van der Waals surface area contributed by atoms with Gasteiger partial charge in [0.1, 0.15) is 0 Å². The van der Waals surface area contributed by atoms with Crippen molar-refractivity contribution in [3.63, 3.8) is 0 Å². The topological polar surface area (TPSA) is 79.4 Å². The lowest BCUT2D eigenvalue weighted by atomic mass is 10.1. The lowest BCUT2D eigenvalue weighted by Gasteiger charge is -2.36. The van der Waals surface area contributed by atoms with Gasteiger partial charge in [-0.05, 0) is 26.7 Å². The van der Waals surface area contributed by atoms with Gasteiger partial charge in [0.2, 0.25) is 15.9 Å². The molecule has 0 atom stereocenters. The Morgan fingerprint density at radius 2 is 1.92 bits per heavy atom. The fourth-order valence-electron chi connectivity index (χ4n) is 2.68. The highest BCUT2D eigenvalue weighted by atomic mass is 32.2. The van der Waals surface area contributed by atoms with E-state index in [1.165, 1.54) is 29.5 Å². The van der Waals surface area contributed by atoms with E-state index < -0.39 is 20.7 Å². The van der Waals surface area contributed by atoms with Crippen LogP contribution in [0.3, 0.4) is 0 Å². The number of thiazole rings is 1. The number of carbonyl (C=O) groups excluding carboxylic acids is 1. The smallest absolute Gasteiger partial charge is 0.248 e. The van der Waals surface area contributed by atoms with Crippen molar-refractivity contribution in [3.8, 4) is 11.3 Å². The number of amides is 1. The van der Waals surface area contributed by atoms with Crippen molar-refractivity contribution in [2.45, 2.75) is 38.4 Å². The molecule has 1 aromatic carbocycles. The van der Waals surface area contributed by atoms with Crippen LogP contribution in [-0.4, -0.2) is 41.5 Å². The summed E-state index contributed by atoms with van der Waals surface area (Å²) in [4.78, 5) is 18.3. The van der Waals surface area contributed by atoms with Crippen LogP contribution in [-0.2, 0) is 21.2 Å². The molecule has 1 aliphatic rings. The standard InChI is InChI=1S/C18H23N3O3S2/c1-4-14-15(13-9-6-5-7-10-13)19-17(25-14)20-16(22)18(2,3)26(23,24)21-11-8-12-21/h5-7,9-10H,4,8,11-12H2,1-3H3,(H,19,20,22). The van der Waals surface area contributed by atoms with Gasteiger partial charge in [-0.25, -0.2) is 17.7 Å². The van der Waals surface area contributed by atoms with E-state index in [9.17, 15) is 13.2 Å². The van der Waals surface area contributed by atoms with E-state index in [0.717, 1.165) is 29.0 Å². The second-order valence-electron chi connectivity index (χ2n) is 6.73. The second kappa shape index (κ2) is 7.09. The highest BCUT2D eigenvalue weighted by molar-refractivity contribution is 7.91. The largest absolute Gasteiger partial charge is 0.301 e. The first-order valence-electron chi connectivity index (χ1n) is 8.63. The minimum absolute atomic E-state index is 0.428. The maximum absolute atomic E-state index is 12.7. The summed E-state index contributed by atoms with van der Waals surface area (Å²) in [5, 5.41) is 3.15. The van der Waals surface area contributed by atoms with E-state index in [0.29, 0.717) is 18.2 Å². The van der Waals surface area contributed by atoms with Crippen LogP contribution in [0, 0.1) is 0 Å². The molecule has 140 valence electrons. The number of aryl methyl sites for hydroxylation is 1. The van der Waals surface area contributed by atoms with E-state index in [4.69, 9.17) is 0 Å². The number of nitrogens with one attached hydrogen (secondary N) is 1. The predicted octanol–water partition coefficient (Wildman–Crippen LogP) is 3.13. The molecule has 0 saturated carbocycles. The van der Waals surface area contributed by atoms with Gasteiger partial charge in [-0.3, -0.25) is 4.79 Å². The summed E-state index contributed by atoms with van der Waals surface area (Å²) in [6.45, 7) is 5.89. The lowest BCUT2D eigenvalue weighted by molar-refractivity contribution is -0.118. The zero-order valence-electron chi connectivity index (χ0n) is 15.2. The van der Waals surface area contributed by atoms with Crippen LogP contribution in [0.5, 0.6) is 0 Å². The Morgan fingerprint density at radius 3 is 2.46 bits per heavy atom. The molecule has 1 N–H and O–H groups in total. The van der Waals surface area contributed by atoms with E-state index in [2.05, 4.69) is 10.3 Å². The van der Waals surface area contributed by atoms with E-state index >= 15 is 0 Å². The summed E-state index contributed by atoms with van der Waals surface area (Å²) < 4.78 is 25.1. The monoisotopic (exact) mass is 393 g/mol. The molecule has 1 aliphatic heterocycles. The van der Waals surface area contributed by atoms with Crippen LogP contribution in [0.15, 0.2) is 30.3 Å². The molecule has 2 heterocycles. The molecule has 0 radical (unpaired) electrons. The van der Waals surface area contributed by atoms with Crippen LogP contribution in [0.4, 0.5) is 5.13 Å². The summed E-state index contributed by atoms with van der Waals surface area (Å²) >= 11 is 1.39. The van der Waals surface area contributed by atoms with Gasteiger partial charge in [0.15, 0.2) is 9.88 Å². The molecule has 0 aliphatic carbocycles. The van der Waals surface area contributed by atoms with Crippen molar-refractivity contribution in [2.24, 2.45) is 0 Å². The van der Waals surface area contributed by atoms with E-state index in [-0.39, 0.29) is 0 Å². The number of nitrogens with zero attached hydrogens (tertiary/aromatic N) is 2. The molecule has 2 aromatic rings. The molecule has 0 bridgehead atoms. The van der Waals surface area contributed by atoms with Crippen molar-refractivity contribution >= 4 is 32.4 Å². The Morgan fingerprint density at radius 1 is 1.27 bits per heavy atom. The van der Waals surface area contributed by atoms with Crippen LogP contribution < -0.4 is 5.32 Å². The Balaban J connectivity index is 1.85. The number of hydrogen-bond donors (Lipinski definition) is 1. The molecule has 0 unspecified atom stereocenters. The molecule has 1 fully saturated rings. The molecule has 26 heavy (non-hydrogen) atoms. The summed E-state index contributed by atoms with van der Waals surface area (Å²) in [6, 6.07) is 9.76. The summed E-state index contributed by atoms with van der Waals surface area (Å²) in [7, 11) is -3.68. The van der Waals surface area contributed by atoms with Crippen molar-refractivity contribution in [1.29, 1.82) is 0 Å². The number of carbonyl (C=O) groups is 1. The Kier molecular flexibility index (Phi) is 5.18. The third-order valence-electron chi connectivity index (χ3n) is 4.63. The van der Waals surface area contributed by atoms with Gasteiger partial charge < -0.3 is 5.32 Å². The van der Waals surface area contributed by atoms with Crippen LogP contribution >= 0.6 is 11.3 Å². The Labute approximate surface area is 158 Å². The zero-order chi connectivity index (χ0) is 18.9. The van der Waals surface area contributed by atoms with Gasteiger partial charge in [-0.15, -0.1) is 11.3 Å². The number of benzene rings is 1. The first kappa shape index (κ1) is 19.0. The molecule has 0 spiro atoms. The van der Waals surface area contributed by atoms with Crippen LogP contribution in [0.2, 0.25) is 0 Å². The Bertz CT molecular complexity index is 901. The lowest BCUT2D eigenvalue weighted by Crippen LogP contribution is -2.55. The molecular formula is C18H23N3O3S2. The highest BCUT2D eigenvalue weighted by Gasteiger charge is 2.47. The summed E-state index contributed by atoms with van der Waals surface area (Å²) in [5.74, 6) is -0.555. The molecular weight excluding hydrogens is 370 g/mol. The van der Waals surface area contributed by atoms with Gasteiger partial charge in [0.05, 0.1) is 5.69 Å². The van der Waals surface area contributed by atoms with Crippen molar-refractivity contribution in [3.05, 3.63) is 35.2 Å². The zero-order valence-corrected chi connectivity index (χ0v) is 16.8. The maximum atomic E-state index is 12.7. The minimum Gasteiger partial charge on any atom is -0.301 e. The number of rotatable bonds is 6. The van der Waals surface area contributed by atoms with Gasteiger partial charge >= 0.3 is 0 Å². The van der Waals surface area contributed by atoms with Crippen molar-refractivity contribution in [1.82, 2.24) is 9.29 Å². The van der Waals surface area contributed by atoms with Crippen LogP contribution in [0.25, 0.3) is 11.3 Å². The predicted molar refractivity (Wildman–Crippen MR) is 105 cm³/mol. The van der Waals surface area contributed by atoms with Crippen LogP contribution in [0.1, 0.15) is 32.1 Å². The summed E-state index contributed by atoms with van der Waals surface area (Å²) in [5.41, 5.74) is 1.81. The van der Waals surface area contributed by atoms with E-state index in [1.54, 1.807) is 0 Å². The highest BCUT2D eigenvalue weighted by Crippen LogP contribution is 2.33. The fourth-order valence-corrected chi connectivity index (χ4v) is 5.27. The molecule has 1 amide bonds. The number of hydrogen-bond acceptors (Lipinski definition) is 5. The van der Waals surface area contributed by atoms with Gasteiger partial charge in [-0.1, -0.05) is 37.3 Å². The molecule has 1 saturated heterocycles. The maximum Gasteiger partial charge on any atom is 0.248 e. The third-order valence-corrected chi connectivity index (χ3v) is 8.27. The third kappa shape index (κ3) is 3.28. The average molecular weight is 394 g/mol. The fraction of sp³-hybridized carbons (Fsp3) is 0.444. The molecule has 3 rings (SSSR count). The minimum atomic E-state index is -3.68. The van der Waals surface area contributed by atoms with Gasteiger partial charge in [0, 0.05) is 23.5 Å². The second-order valence-corrected chi connectivity index (χ2v) is 10.3. The molecule has 8 heteroatoms. The normalized spacial score (nSPS) is 15.5. The molecule has 6 nitrogen and oxygen atoms in total. The first-order chi connectivity index (χ1) is 12.3.